The minimum Gasteiger partial charge on any atom is -0.282 e. The number of aromatic nitrogens is 4. The quantitative estimate of drug-likeness (QED) is 0.0488. The van der Waals surface area contributed by atoms with Gasteiger partial charge in [-0.25, -0.2) is 38.7 Å². The highest BCUT2D eigenvalue weighted by Gasteiger charge is 2.29. The number of primary sulfonamides is 1. The van der Waals surface area contributed by atoms with E-state index >= 15 is 0 Å². The van der Waals surface area contributed by atoms with Gasteiger partial charge < -0.3 is 0 Å². The molecule has 0 amide bonds. The van der Waals surface area contributed by atoms with E-state index in [1.807, 2.05) is 56.3 Å². The molecule has 0 bridgehead atoms. The fourth-order valence-electron chi connectivity index (χ4n) is 6.93. The molecule has 0 saturated heterocycles. The van der Waals surface area contributed by atoms with E-state index in [9.17, 15) is 21.4 Å². The van der Waals surface area contributed by atoms with Crippen LogP contribution in [0.25, 0.3) is 88.6 Å². The van der Waals surface area contributed by atoms with Crippen molar-refractivity contribution in [3.63, 3.8) is 0 Å². The number of hydrogen-bond acceptors (Lipinski definition) is 16. The van der Waals surface area contributed by atoms with E-state index in [0.29, 0.717) is 66.1 Å². The lowest BCUT2D eigenvalue weighted by atomic mass is 10.0. The van der Waals surface area contributed by atoms with E-state index in [1.54, 1.807) is 30.3 Å². The van der Waals surface area contributed by atoms with Gasteiger partial charge in [0.2, 0.25) is 10.0 Å². The third kappa shape index (κ3) is 7.14. The molecule has 0 spiro atoms. The van der Waals surface area contributed by atoms with Gasteiger partial charge >= 0.3 is 0 Å². The first-order chi connectivity index (χ1) is 27.9. The molecular formula is C38H28N6O10S4. The highest BCUT2D eigenvalue weighted by atomic mass is 32.2. The smallest absolute Gasteiger partial charge is 0.282 e. The van der Waals surface area contributed by atoms with E-state index in [2.05, 4.69) is 18.7 Å². The van der Waals surface area contributed by atoms with E-state index in [4.69, 9.17) is 36.2 Å². The van der Waals surface area contributed by atoms with Crippen molar-refractivity contribution < 1.29 is 45.3 Å². The van der Waals surface area contributed by atoms with Crippen molar-refractivity contribution >= 4 is 87.8 Å². The molecule has 2 aliphatic carbocycles. The average Bonchev–Trinajstić information content (AvgIpc) is 3.70. The van der Waals surface area contributed by atoms with Gasteiger partial charge in [-0.1, -0.05) is 49.2 Å². The van der Waals surface area contributed by atoms with E-state index < -0.39 is 20.1 Å². The summed E-state index contributed by atoms with van der Waals surface area (Å²) in [6.45, 7) is 4.00. The Morgan fingerprint density at radius 3 is 1.74 bits per heavy atom. The number of nitrogens with two attached hydrogens (primary N) is 2. The van der Waals surface area contributed by atoms with Crippen LogP contribution in [-0.4, -0.2) is 46.6 Å². The lowest BCUT2D eigenvalue weighted by molar-refractivity contribution is -0.432. The topological polar surface area (TPSA) is 249 Å². The first kappa shape index (κ1) is 39.6. The van der Waals surface area contributed by atoms with Crippen LogP contribution in [0.4, 0.5) is 0 Å². The molecule has 16 nitrogen and oxygen atoms in total. The van der Waals surface area contributed by atoms with Crippen LogP contribution in [0, 0.1) is 0 Å². The van der Waals surface area contributed by atoms with E-state index in [0.717, 1.165) is 56.4 Å². The van der Waals surface area contributed by atoms with Crippen LogP contribution in [0.15, 0.2) is 117 Å². The number of nitrogens with zero attached hydrogens (tertiary/aromatic N) is 4. The normalized spacial score (nSPS) is 12.3. The number of benzene rings is 6. The minimum absolute atomic E-state index is 0.0229. The summed E-state index contributed by atoms with van der Waals surface area (Å²) in [6, 6.07) is 27.7. The van der Waals surface area contributed by atoms with Crippen molar-refractivity contribution in [3.05, 3.63) is 97.1 Å². The van der Waals surface area contributed by atoms with Crippen LogP contribution >= 0.6 is 24.1 Å². The SMILES string of the molecule is CC.NOOSc1ccc2nc3c(nc2c1)-c1cccc2cc(S(=O)(=O)O)cc-3c12.NS(=O)(=O)c1cc2c3c(cc(SOOO)cc3c1)-c1nc3ccccc3nc1-2. The molecule has 6 aromatic carbocycles. The Labute approximate surface area is 338 Å². The standard InChI is InChI=1S/2C18H11N3O5S2.C2H6/c19-25-26-27-10-4-5-14-15(7-10)21-17-12-3-1-2-9-6-11(28(22,23)24)8-13(16(9)12)18(17)20-14;19-28(23,24)11-6-9-5-10(27-26-25-22)7-12-16(9)13(8-11)18-17(12)20-14-3-1-2-4-15(14)21-18;1-2/h1-8H,19H2,(H,22,23,24);1-8,22H,(H2,19,23,24);1-2H3. The second kappa shape index (κ2) is 15.5. The molecule has 2 heterocycles. The zero-order valence-corrected chi connectivity index (χ0v) is 33.2. The molecule has 2 aromatic heterocycles. The van der Waals surface area contributed by atoms with Crippen molar-refractivity contribution in [2.75, 3.05) is 0 Å². The number of rotatable bonds is 8. The van der Waals surface area contributed by atoms with Crippen molar-refractivity contribution in [1.29, 1.82) is 0 Å². The Bertz CT molecular complexity index is 3210. The van der Waals surface area contributed by atoms with Gasteiger partial charge in [0.25, 0.3) is 10.1 Å². The molecule has 20 heteroatoms. The zero-order chi connectivity index (χ0) is 40.9. The molecule has 10 rings (SSSR count). The van der Waals surface area contributed by atoms with Gasteiger partial charge in [-0.2, -0.15) is 14.3 Å². The summed E-state index contributed by atoms with van der Waals surface area (Å²) < 4.78 is 66.1. The molecule has 2 aliphatic rings. The maximum absolute atomic E-state index is 12.0. The molecule has 0 radical (unpaired) electrons. The maximum atomic E-state index is 12.0. The van der Waals surface area contributed by atoms with Crippen LogP contribution in [0.3, 0.4) is 0 Å². The summed E-state index contributed by atoms with van der Waals surface area (Å²) >= 11 is 1.72. The fourth-order valence-corrected chi connectivity index (χ4v) is 8.90. The second-order valence-electron chi connectivity index (χ2n) is 12.4. The minimum atomic E-state index is -4.35. The largest absolute Gasteiger partial charge is 0.294 e. The summed E-state index contributed by atoms with van der Waals surface area (Å²) in [5.74, 6) is 4.87. The number of sulfonamides is 1. The maximum Gasteiger partial charge on any atom is 0.294 e. The summed E-state index contributed by atoms with van der Waals surface area (Å²) in [5.41, 5.74) is 8.08. The first-order valence-electron chi connectivity index (χ1n) is 17.0. The number of hydrogen-bond donors (Lipinski definition) is 4. The molecule has 0 saturated carbocycles. The lowest BCUT2D eigenvalue weighted by Gasteiger charge is -2.07. The predicted molar refractivity (Wildman–Crippen MR) is 218 cm³/mol. The Morgan fingerprint density at radius 1 is 0.569 bits per heavy atom. The van der Waals surface area contributed by atoms with Gasteiger partial charge in [-0.05, 0) is 77.5 Å². The third-order valence-corrected chi connectivity index (χ3v) is 12.0. The van der Waals surface area contributed by atoms with Crippen molar-refractivity contribution in [3.8, 4) is 45.0 Å². The highest BCUT2D eigenvalue weighted by Crippen LogP contribution is 2.49. The van der Waals surface area contributed by atoms with Crippen LogP contribution in [-0.2, 0) is 38.8 Å². The molecule has 6 N–H and O–H groups in total. The molecule has 0 unspecified atom stereocenters. The van der Waals surface area contributed by atoms with Gasteiger partial charge in [-0.15, -0.1) is 13.7 Å². The molecule has 294 valence electrons. The molecule has 0 fully saturated rings. The van der Waals surface area contributed by atoms with Crippen molar-refractivity contribution in [2.24, 2.45) is 11.0 Å². The summed E-state index contributed by atoms with van der Waals surface area (Å²) in [6.07, 6.45) is 0. The highest BCUT2D eigenvalue weighted by molar-refractivity contribution is 7.94. The van der Waals surface area contributed by atoms with E-state index in [-0.39, 0.29) is 9.79 Å². The van der Waals surface area contributed by atoms with Crippen molar-refractivity contribution in [2.45, 2.75) is 33.4 Å². The number of para-hydroxylation sites is 2. The van der Waals surface area contributed by atoms with Crippen LogP contribution < -0.4 is 11.0 Å². The summed E-state index contributed by atoms with van der Waals surface area (Å²) in [7, 11) is -8.28. The molecule has 8 aromatic rings. The van der Waals surface area contributed by atoms with Gasteiger partial charge in [0.05, 0.1) is 78.7 Å². The first-order valence-corrected chi connectivity index (χ1v) is 21.5. The van der Waals surface area contributed by atoms with Gasteiger partial charge in [0.1, 0.15) is 0 Å². The van der Waals surface area contributed by atoms with Crippen LogP contribution in [0.5, 0.6) is 0 Å². The van der Waals surface area contributed by atoms with Crippen LogP contribution in [0.1, 0.15) is 13.8 Å². The molecule has 58 heavy (non-hydrogen) atoms. The Balaban J connectivity index is 0.000000155. The Morgan fingerprint density at radius 2 is 1.12 bits per heavy atom. The number of fused-ring (bicyclic) bond motifs is 8. The van der Waals surface area contributed by atoms with Crippen molar-refractivity contribution in [1.82, 2.24) is 19.9 Å². The Hall–Kier alpha value is -5.20. The van der Waals surface area contributed by atoms with Gasteiger partial charge in [-0.3, -0.25) is 4.55 Å². The predicted octanol–water partition coefficient (Wildman–Crippen LogP) is 8.04. The monoisotopic (exact) mass is 856 g/mol. The fraction of sp³-hybridized carbons (Fsp3) is 0.0526. The Kier molecular flexibility index (Phi) is 10.6. The van der Waals surface area contributed by atoms with Gasteiger partial charge in [0.15, 0.2) is 0 Å². The second-order valence-corrected chi connectivity index (χ2v) is 16.9. The summed E-state index contributed by atoms with van der Waals surface area (Å²) in [4.78, 5) is 24.1. The summed E-state index contributed by atoms with van der Waals surface area (Å²) in [5, 5.41) is 20.5. The van der Waals surface area contributed by atoms with Crippen LogP contribution in [0.2, 0.25) is 0 Å². The van der Waals surface area contributed by atoms with E-state index in [1.165, 1.54) is 24.3 Å². The molecule has 0 atom stereocenters. The average molecular weight is 857 g/mol. The molecular weight excluding hydrogens is 829 g/mol. The molecule has 0 aliphatic heterocycles. The third-order valence-electron chi connectivity index (χ3n) is 9.13. The zero-order valence-electron chi connectivity index (χ0n) is 30.0. The van der Waals surface area contributed by atoms with Gasteiger partial charge in [0, 0.05) is 42.8 Å². The lowest BCUT2D eigenvalue weighted by Crippen LogP contribution is -2.12.